The Bertz CT molecular complexity index is 1120. The first-order valence-corrected chi connectivity index (χ1v) is 11.6. The number of hydrogen-bond donors (Lipinski definition) is 1. The molecule has 1 aromatic heterocycles. The van der Waals surface area contributed by atoms with Crippen LogP contribution in [0.15, 0.2) is 17.1 Å². The number of pyridine rings is 1. The summed E-state index contributed by atoms with van der Waals surface area (Å²) in [6, 6.07) is 3.59. The van der Waals surface area contributed by atoms with Gasteiger partial charge in [0.2, 0.25) is 0 Å². The van der Waals surface area contributed by atoms with Crippen LogP contribution in [0.2, 0.25) is 10.0 Å². The maximum absolute atomic E-state index is 6.68. The molecule has 0 spiro atoms. The number of thioether (sulfide) groups is 1. The fourth-order valence-electron chi connectivity index (χ4n) is 3.48. The molecule has 164 valence electrons. The summed E-state index contributed by atoms with van der Waals surface area (Å²) < 4.78 is 16.4. The number of anilines is 1. The smallest absolute Gasteiger partial charge is 0.164 e. The summed E-state index contributed by atoms with van der Waals surface area (Å²) in [4.78, 5) is 11.7. The molecule has 1 saturated heterocycles. The number of halogens is 2. The lowest BCUT2D eigenvalue weighted by Gasteiger charge is -2.29. The number of fused-ring (bicyclic) bond motifs is 1. The zero-order valence-electron chi connectivity index (χ0n) is 17.4. The van der Waals surface area contributed by atoms with Gasteiger partial charge in [0.15, 0.2) is 5.17 Å². The molecular weight excluding hydrogens is 459 g/mol. The molecule has 7 nitrogen and oxygen atoms in total. The monoisotopic (exact) mass is 480 g/mol. The van der Waals surface area contributed by atoms with Crippen molar-refractivity contribution in [1.82, 2.24) is 10.3 Å². The van der Waals surface area contributed by atoms with Gasteiger partial charge in [-0.1, -0.05) is 35.0 Å². The van der Waals surface area contributed by atoms with Crippen LogP contribution in [0.1, 0.15) is 0 Å². The maximum atomic E-state index is 6.68. The number of aromatic nitrogens is 1. The Morgan fingerprint density at radius 3 is 2.39 bits per heavy atom. The number of rotatable bonds is 4. The summed E-state index contributed by atoms with van der Waals surface area (Å²) in [6.45, 7) is 2.74. The number of morpholine rings is 1. The molecule has 2 aromatic rings. The van der Waals surface area contributed by atoms with Crippen molar-refractivity contribution in [2.75, 3.05) is 51.7 Å². The molecule has 0 bridgehead atoms. The van der Waals surface area contributed by atoms with Gasteiger partial charge in [0.05, 0.1) is 43.2 Å². The molecular formula is C21H22Cl2N4O3S. The van der Waals surface area contributed by atoms with Gasteiger partial charge in [-0.15, -0.1) is 0 Å². The standard InChI is InChI=1S/C21H22Cl2N4O3S/c1-28-15-9-16(29-2)19(23)17(18(15)22)14-8-12-10-24-21(31-3)25-11-13(12)20(26-14)27-4-6-30-7-5-27/h8-11H,4-7H2,1-3H3,(H,24,25). The Morgan fingerprint density at radius 2 is 1.77 bits per heavy atom. The number of ether oxygens (including phenoxy) is 3. The summed E-state index contributed by atoms with van der Waals surface area (Å²) in [6.07, 6.45) is 5.73. The Balaban J connectivity index is 2.00. The van der Waals surface area contributed by atoms with Crippen molar-refractivity contribution in [3.05, 3.63) is 32.6 Å². The summed E-state index contributed by atoms with van der Waals surface area (Å²) in [5.41, 5.74) is 1.16. The van der Waals surface area contributed by atoms with Gasteiger partial charge in [-0.05, 0) is 12.3 Å². The molecule has 0 amide bonds. The van der Waals surface area contributed by atoms with Crippen LogP contribution in [0, 0.1) is 0 Å². The van der Waals surface area contributed by atoms with E-state index in [1.165, 1.54) is 11.8 Å². The molecule has 0 aliphatic carbocycles. The summed E-state index contributed by atoms with van der Waals surface area (Å²) in [5.74, 6) is 1.73. The first-order chi connectivity index (χ1) is 15.1. The predicted molar refractivity (Wildman–Crippen MR) is 128 cm³/mol. The molecule has 1 fully saturated rings. The third-order valence-electron chi connectivity index (χ3n) is 5.07. The second-order valence-corrected chi connectivity index (χ2v) is 8.32. The Labute approximate surface area is 194 Å². The lowest BCUT2D eigenvalue weighted by molar-refractivity contribution is 0.122. The number of benzene rings is 1. The summed E-state index contributed by atoms with van der Waals surface area (Å²) in [5, 5.41) is 6.64. The first kappa shape index (κ1) is 22.1. The van der Waals surface area contributed by atoms with Gasteiger partial charge in [0, 0.05) is 47.6 Å². The quantitative estimate of drug-likeness (QED) is 0.721. The van der Waals surface area contributed by atoms with E-state index in [-0.39, 0.29) is 0 Å². The van der Waals surface area contributed by atoms with Gasteiger partial charge < -0.3 is 24.4 Å². The van der Waals surface area contributed by atoms with E-state index in [1.807, 2.05) is 24.7 Å². The highest BCUT2D eigenvalue weighted by Gasteiger charge is 2.22. The third kappa shape index (κ3) is 4.30. The average Bonchev–Trinajstić information content (AvgIpc) is 3.02. The Kier molecular flexibility index (Phi) is 6.81. The van der Waals surface area contributed by atoms with Crippen molar-refractivity contribution in [2.24, 2.45) is 4.99 Å². The summed E-state index contributed by atoms with van der Waals surface area (Å²) >= 11 is 14.9. The molecule has 2 aliphatic rings. The van der Waals surface area contributed by atoms with Crippen molar-refractivity contribution in [3.8, 4) is 22.8 Å². The molecule has 31 heavy (non-hydrogen) atoms. The number of nitrogens with one attached hydrogen (secondary N) is 1. The highest BCUT2D eigenvalue weighted by Crippen LogP contribution is 2.45. The third-order valence-corrected chi connectivity index (χ3v) is 6.43. The number of amidine groups is 1. The molecule has 0 radical (unpaired) electrons. The van der Waals surface area contributed by atoms with Crippen LogP contribution in [0.3, 0.4) is 0 Å². The number of nitrogens with zero attached hydrogens (tertiary/aromatic N) is 3. The van der Waals surface area contributed by atoms with Crippen molar-refractivity contribution in [1.29, 1.82) is 0 Å². The van der Waals surface area contributed by atoms with Gasteiger partial charge in [0.25, 0.3) is 0 Å². The van der Waals surface area contributed by atoms with Crippen LogP contribution in [-0.2, 0) is 4.74 Å². The number of methoxy groups -OCH3 is 2. The Hall–Kier alpha value is -2.13. The molecule has 0 atom stereocenters. The number of hydrogen-bond acceptors (Lipinski definition) is 8. The van der Waals surface area contributed by atoms with Crippen molar-refractivity contribution in [2.45, 2.75) is 0 Å². The average molecular weight is 481 g/mol. The SMILES string of the molecule is COc1cc(OC)c(Cl)c(-c2cc3c(c(N4CCOCC4)n2)=CNC(SC)=NC=3)c1Cl. The first-order valence-electron chi connectivity index (χ1n) is 9.60. The van der Waals surface area contributed by atoms with Gasteiger partial charge in [0.1, 0.15) is 17.3 Å². The molecule has 4 rings (SSSR count). The molecule has 0 unspecified atom stereocenters. The minimum atomic E-state index is 0.373. The molecule has 0 saturated carbocycles. The highest BCUT2D eigenvalue weighted by atomic mass is 35.5. The van der Waals surface area contributed by atoms with Crippen LogP contribution >= 0.6 is 35.0 Å². The van der Waals surface area contributed by atoms with Crippen molar-refractivity contribution in [3.63, 3.8) is 0 Å². The van der Waals surface area contributed by atoms with Crippen LogP contribution in [0.25, 0.3) is 23.7 Å². The van der Waals surface area contributed by atoms with E-state index in [1.54, 1.807) is 20.3 Å². The fourth-order valence-corrected chi connectivity index (χ4v) is 4.51. The van der Waals surface area contributed by atoms with E-state index in [0.717, 1.165) is 34.5 Å². The van der Waals surface area contributed by atoms with Crippen LogP contribution in [-0.4, -0.2) is 56.9 Å². The van der Waals surface area contributed by atoms with E-state index in [2.05, 4.69) is 15.2 Å². The molecule has 1 aromatic carbocycles. The van der Waals surface area contributed by atoms with Gasteiger partial charge in [-0.3, -0.25) is 0 Å². The molecule has 3 heterocycles. The van der Waals surface area contributed by atoms with Crippen LogP contribution in [0.5, 0.6) is 11.5 Å². The second kappa shape index (κ2) is 9.56. The van der Waals surface area contributed by atoms with Crippen LogP contribution in [0.4, 0.5) is 5.82 Å². The minimum Gasteiger partial charge on any atom is -0.495 e. The lowest BCUT2D eigenvalue weighted by atomic mass is 10.1. The van der Waals surface area contributed by atoms with E-state index in [0.29, 0.717) is 46.0 Å². The van der Waals surface area contributed by atoms with E-state index >= 15 is 0 Å². The largest absolute Gasteiger partial charge is 0.495 e. The lowest BCUT2D eigenvalue weighted by Crippen LogP contribution is -2.43. The fraction of sp³-hybridized carbons (Fsp3) is 0.333. The molecule has 2 aliphatic heterocycles. The maximum Gasteiger partial charge on any atom is 0.164 e. The second-order valence-electron chi connectivity index (χ2n) is 6.77. The normalized spacial score (nSPS) is 15.6. The van der Waals surface area contributed by atoms with E-state index in [9.17, 15) is 0 Å². The molecule has 10 heteroatoms. The van der Waals surface area contributed by atoms with Crippen LogP contribution < -0.4 is 30.1 Å². The van der Waals surface area contributed by atoms with Crippen molar-refractivity contribution >= 4 is 58.3 Å². The van der Waals surface area contributed by atoms with E-state index in [4.69, 9.17) is 42.4 Å². The Morgan fingerprint density at radius 1 is 1.10 bits per heavy atom. The topological polar surface area (TPSA) is 68.2 Å². The predicted octanol–water partition coefficient (Wildman–Crippen LogP) is 2.71. The van der Waals surface area contributed by atoms with Gasteiger partial charge in [-0.25, -0.2) is 9.98 Å². The highest BCUT2D eigenvalue weighted by molar-refractivity contribution is 8.13. The van der Waals surface area contributed by atoms with Gasteiger partial charge in [-0.2, -0.15) is 0 Å². The van der Waals surface area contributed by atoms with Crippen molar-refractivity contribution < 1.29 is 14.2 Å². The molecule has 1 N–H and O–H groups in total. The zero-order chi connectivity index (χ0) is 22.0. The van der Waals surface area contributed by atoms with E-state index < -0.39 is 0 Å². The minimum absolute atomic E-state index is 0.373. The number of aliphatic imine (C=N–C) groups is 1. The summed E-state index contributed by atoms with van der Waals surface area (Å²) in [7, 11) is 3.10. The zero-order valence-corrected chi connectivity index (χ0v) is 19.7. The van der Waals surface area contributed by atoms with Gasteiger partial charge >= 0.3 is 0 Å².